The van der Waals surface area contributed by atoms with E-state index in [4.69, 9.17) is 16.5 Å². The number of pyridine rings is 1. The van der Waals surface area contributed by atoms with Crippen molar-refractivity contribution in [2.45, 2.75) is 6.92 Å². The number of hydrogen-bond donors (Lipinski definition) is 1. The third-order valence-electron chi connectivity index (χ3n) is 4.52. The van der Waals surface area contributed by atoms with Gasteiger partial charge in [0.25, 0.3) is 0 Å². The molecule has 2 heterocycles. The van der Waals surface area contributed by atoms with Crippen LogP contribution in [-0.2, 0) is 0 Å². The largest absolute Gasteiger partial charge is 0.387 e. The summed E-state index contributed by atoms with van der Waals surface area (Å²) in [6, 6.07) is 15.5. The van der Waals surface area contributed by atoms with Gasteiger partial charge in [-0.3, -0.25) is 4.98 Å². The fourth-order valence-electron chi connectivity index (χ4n) is 3.24. The van der Waals surface area contributed by atoms with Crippen LogP contribution in [-0.4, -0.2) is 22.0 Å². The van der Waals surface area contributed by atoms with Gasteiger partial charge in [0.2, 0.25) is 0 Å². The standard InChI is InChI=1S/C22H17N5/c1-14-20-19(27-22(26-14)16-5-4-12-25-13-16)11-10-18(21(20)24-3)15-6-8-17(23-2)9-7-15/h4-13,24H,1,3H3. The van der Waals surface area contributed by atoms with Crippen LogP contribution < -0.4 is 5.32 Å². The van der Waals surface area contributed by atoms with Crippen LogP contribution in [0.5, 0.6) is 0 Å². The van der Waals surface area contributed by atoms with Crippen LogP contribution in [0.1, 0.15) is 5.69 Å². The number of benzene rings is 2. The normalized spacial score (nSPS) is 10.6. The van der Waals surface area contributed by atoms with Gasteiger partial charge in [-0.25, -0.2) is 14.8 Å². The predicted molar refractivity (Wildman–Crippen MR) is 109 cm³/mol. The Kier molecular flexibility index (Phi) is 4.23. The molecule has 2 aromatic carbocycles. The number of nitrogens with zero attached hydrogens (tertiary/aromatic N) is 4. The molecule has 27 heavy (non-hydrogen) atoms. The van der Waals surface area contributed by atoms with Gasteiger partial charge in [-0.05, 0) is 30.7 Å². The first-order chi connectivity index (χ1) is 13.2. The molecule has 5 nitrogen and oxygen atoms in total. The molecule has 0 spiro atoms. The molecule has 4 aromatic rings. The van der Waals surface area contributed by atoms with Crippen molar-refractivity contribution >= 4 is 22.3 Å². The lowest BCUT2D eigenvalue weighted by Gasteiger charge is -2.15. The summed E-state index contributed by atoms with van der Waals surface area (Å²) in [5.74, 6) is 0.671. The molecule has 0 saturated heterocycles. The minimum absolute atomic E-state index is 0.631. The molecule has 0 amide bonds. The number of anilines is 1. The summed E-state index contributed by atoms with van der Waals surface area (Å²) in [6.07, 6.45) is 3.51. The van der Waals surface area contributed by atoms with Crippen LogP contribution in [0.3, 0.4) is 0 Å². The van der Waals surface area contributed by atoms with Crippen molar-refractivity contribution in [2.24, 2.45) is 0 Å². The van der Waals surface area contributed by atoms with Crippen molar-refractivity contribution in [1.29, 1.82) is 0 Å². The fraction of sp³-hybridized carbons (Fsp3) is 0.0909. The third kappa shape index (κ3) is 2.98. The molecule has 0 bridgehead atoms. The Morgan fingerprint density at radius 1 is 0.963 bits per heavy atom. The molecule has 0 atom stereocenters. The molecular formula is C22H17N5. The number of hydrogen-bond acceptors (Lipinski definition) is 4. The Hall–Kier alpha value is -3.78. The average Bonchev–Trinajstić information content (AvgIpc) is 2.73. The van der Waals surface area contributed by atoms with Crippen molar-refractivity contribution in [1.82, 2.24) is 15.0 Å². The molecule has 0 unspecified atom stereocenters. The zero-order valence-electron chi connectivity index (χ0n) is 15.1. The van der Waals surface area contributed by atoms with Gasteiger partial charge in [0, 0.05) is 36.0 Å². The first kappa shape index (κ1) is 16.7. The highest BCUT2D eigenvalue weighted by molar-refractivity contribution is 6.01. The van der Waals surface area contributed by atoms with Gasteiger partial charge < -0.3 is 5.32 Å². The minimum atomic E-state index is 0.631. The maximum Gasteiger partial charge on any atom is 0.187 e. The van der Waals surface area contributed by atoms with Gasteiger partial charge in [0.05, 0.1) is 23.5 Å². The number of aromatic nitrogens is 3. The van der Waals surface area contributed by atoms with E-state index in [1.807, 2.05) is 56.4 Å². The molecule has 1 N–H and O–H groups in total. The van der Waals surface area contributed by atoms with Crippen LogP contribution in [0, 0.1) is 13.5 Å². The predicted octanol–water partition coefficient (Wildman–Crippen LogP) is 5.26. The van der Waals surface area contributed by atoms with E-state index in [1.54, 1.807) is 12.4 Å². The van der Waals surface area contributed by atoms with Gasteiger partial charge in [-0.2, -0.15) is 0 Å². The molecule has 0 aliphatic rings. The Morgan fingerprint density at radius 3 is 2.44 bits per heavy atom. The maximum absolute atomic E-state index is 7.12. The van der Waals surface area contributed by atoms with E-state index in [1.165, 1.54) is 0 Å². The summed E-state index contributed by atoms with van der Waals surface area (Å²) >= 11 is 0. The van der Waals surface area contributed by atoms with Crippen LogP contribution in [0.15, 0.2) is 60.9 Å². The fourth-order valence-corrected chi connectivity index (χ4v) is 3.24. The quantitative estimate of drug-likeness (QED) is 0.512. The van der Waals surface area contributed by atoms with E-state index in [9.17, 15) is 0 Å². The highest BCUT2D eigenvalue weighted by Gasteiger charge is 2.14. The summed E-state index contributed by atoms with van der Waals surface area (Å²) < 4.78 is 0. The Morgan fingerprint density at radius 2 is 1.78 bits per heavy atom. The first-order valence-corrected chi connectivity index (χ1v) is 8.58. The van der Waals surface area contributed by atoms with Crippen molar-refractivity contribution in [3.63, 3.8) is 0 Å². The molecule has 0 fully saturated rings. The summed E-state index contributed by atoms with van der Waals surface area (Å²) in [5.41, 5.74) is 6.40. The second-order valence-electron chi connectivity index (χ2n) is 6.17. The molecule has 5 heteroatoms. The molecule has 2 aromatic heterocycles. The molecule has 0 saturated carbocycles. The van der Waals surface area contributed by atoms with Crippen LogP contribution in [0.2, 0.25) is 0 Å². The number of aryl methyl sites for hydroxylation is 1. The highest BCUT2D eigenvalue weighted by atomic mass is 14.9. The van der Waals surface area contributed by atoms with E-state index < -0.39 is 0 Å². The molecule has 0 aliphatic heterocycles. The van der Waals surface area contributed by atoms with Gasteiger partial charge in [-0.15, -0.1) is 0 Å². The number of nitrogens with one attached hydrogen (secondary N) is 1. The molecule has 130 valence electrons. The second-order valence-corrected chi connectivity index (χ2v) is 6.17. The summed E-state index contributed by atoms with van der Waals surface area (Å²) in [6.45, 7) is 9.11. The lowest BCUT2D eigenvalue weighted by atomic mass is 9.99. The average molecular weight is 351 g/mol. The van der Waals surface area contributed by atoms with Gasteiger partial charge in [0.1, 0.15) is 0 Å². The minimum Gasteiger partial charge on any atom is -0.387 e. The Bertz CT molecular complexity index is 1160. The summed E-state index contributed by atoms with van der Waals surface area (Å²) in [4.78, 5) is 17.1. The molecule has 4 rings (SSSR count). The van der Waals surface area contributed by atoms with Crippen molar-refractivity contribution in [2.75, 3.05) is 12.4 Å². The second kappa shape index (κ2) is 6.85. The van der Waals surface area contributed by atoms with Gasteiger partial charge >= 0.3 is 0 Å². The molecule has 0 radical (unpaired) electrons. The summed E-state index contributed by atoms with van der Waals surface area (Å²) in [7, 11) is 1.90. The van der Waals surface area contributed by atoms with E-state index in [2.05, 4.69) is 21.2 Å². The van der Waals surface area contributed by atoms with E-state index in [0.717, 1.165) is 39.0 Å². The third-order valence-corrected chi connectivity index (χ3v) is 4.52. The maximum atomic E-state index is 7.12. The Labute approximate surface area is 157 Å². The van der Waals surface area contributed by atoms with Crippen molar-refractivity contribution < 1.29 is 0 Å². The van der Waals surface area contributed by atoms with E-state index in [-0.39, 0.29) is 0 Å². The molecule has 0 aliphatic carbocycles. The van der Waals surface area contributed by atoms with Crippen LogP contribution in [0.25, 0.3) is 38.3 Å². The number of fused-ring (bicyclic) bond motifs is 1. The van der Waals surface area contributed by atoms with Crippen molar-refractivity contribution in [3.8, 4) is 22.5 Å². The van der Waals surface area contributed by atoms with Gasteiger partial charge in [-0.1, -0.05) is 30.3 Å². The van der Waals surface area contributed by atoms with Gasteiger partial charge in [0.15, 0.2) is 11.5 Å². The highest BCUT2D eigenvalue weighted by Crippen LogP contribution is 2.36. The monoisotopic (exact) mass is 351 g/mol. The SMILES string of the molecule is [C-]#[N+]c1ccc(-c2ccc3nc(-c4cccnc4)nc(C)c3c2NC)cc1. The summed E-state index contributed by atoms with van der Waals surface area (Å²) in [5, 5.41) is 4.31. The smallest absolute Gasteiger partial charge is 0.187 e. The Balaban J connectivity index is 1.91. The topological polar surface area (TPSA) is 55.1 Å². The van der Waals surface area contributed by atoms with E-state index in [0.29, 0.717) is 11.5 Å². The first-order valence-electron chi connectivity index (χ1n) is 8.58. The lowest BCUT2D eigenvalue weighted by Crippen LogP contribution is -2.00. The van der Waals surface area contributed by atoms with Crippen LogP contribution in [0.4, 0.5) is 11.4 Å². The molecular weight excluding hydrogens is 334 g/mol. The lowest BCUT2D eigenvalue weighted by molar-refractivity contribution is 1.15. The zero-order valence-corrected chi connectivity index (χ0v) is 15.1. The van der Waals surface area contributed by atoms with E-state index >= 15 is 0 Å². The zero-order chi connectivity index (χ0) is 18.8. The van der Waals surface area contributed by atoms with Crippen molar-refractivity contribution in [3.05, 3.63) is 78.0 Å². The van der Waals surface area contributed by atoms with Crippen LogP contribution >= 0.6 is 0 Å². The number of rotatable bonds is 3.